The summed E-state index contributed by atoms with van der Waals surface area (Å²) in [7, 11) is -2.32. The van der Waals surface area contributed by atoms with Crippen LogP contribution in [0.25, 0.3) is 0 Å². The summed E-state index contributed by atoms with van der Waals surface area (Å²) >= 11 is 0. The van der Waals surface area contributed by atoms with Gasteiger partial charge in [-0.15, -0.1) is 0 Å². The van der Waals surface area contributed by atoms with E-state index in [2.05, 4.69) is 4.90 Å². The van der Waals surface area contributed by atoms with Crippen LogP contribution in [0.15, 0.2) is 77.7 Å². The normalized spacial score (nSPS) is 15.4. The van der Waals surface area contributed by atoms with Crippen molar-refractivity contribution in [2.75, 3.05) is 24.5 Å². The zero-order valence-corrected chi connectivity index (χ0v) is 19.1. The van der Waals surface area contributed by atoms with Crippen molar-refractivity contribution in [3.05, 3.63) is 90.0 Å². The second kappa shape index (κ2) is 9.89. The molecule has 0 aromatic heterocycles. The molecule has 0 atom stereocenters. The Bertz CT molecular complexity index is 1180. The molecular weight excluding hydrogens is 446 g/mol. The highest BCUT2D eigenvalue weighted by atomic mass is 32.2. The second-order valence-corrected chi connectivity index (χ2v) is 9.87. The molecule has 1 heterocycles. The summed E-state index contributed by atoms with van der Waals surface area (Å²) in [4.78, 5) is 2.27. The minimum Gasteiger partial charge on any atom is -0.496 e. The molecule has 1 aliphatic heterocycles. The van der Waals surface area contributed by atoms with Crippen molar-refractivity contribution in [3.63, 3.8) is 0 Å². The molecule has 8 heteroatoms. The molecule has 0 spiro atoms. The molecule has 1 fully saturated rings. The number of methoxy groups -OCH3 is 1. The van der Waals surface area contributed by atoms with Crippen LogP contribution in [-0.4, -0.2) is 39.6 Å². The summed E-state index contributed by atoms with van der Waals surface area (Å²) in [6, 6.07) is 17.8. The van der Waals surface area contributed by atoms with Crippen molar-refractivity contribution in [2.45, 2.75) is 30.3 Å². The molecule has 1 saturated heterocycles. The lowest BCUT2D eigenvalue weighted by Gasteiger charge is -2.39. The Morgan fingerprint density at radius 1 is 0.909 bits per heavy atom. The van der Waals surface area contributed by atoms with Gasteiger partial charge in [-0.05, 0) is 67.4 Å². The van der Waals surface area contributed by atoms with Gasteiger partial charge >= 0.3 is 0 Å². The van der Waals surface area contributed by atoms with E-state index >= 15 is 0 Å². The molecule has 0 unspecified atom stereocenters. The third kappa shape index (κ3) is 5.17. The first-order chi connectivity index (χ1) is 15.9. The number of halogens is 2. The number of likely N-dealkylation sites (tertiary alicyclic amines) is 1. The summed E-state index contributed by atoms with van der Waals surface area (Å²) in [5.41, 5.74) is 1.47. The molecule has 174 valence electrons. The maximum atomic E-state index is 13.6. The lowest BCUT2D eigenvalue weighted by atomic mass is 10.0. The molecule has 4 rings (SSSR count). The lowest BCUT2D eigenvalue weighted by molar-refractivity contribution is 0.204. The molecule has 5 nitrogen and oxygen atoms in total. The number of hydrogen-bond donors (Lipinski definition) is 0. The number of ether oxygens (including phenoxy) is 1. The van der Waals surface area contributed by atoms with E-state index in [1.807, 2.05) is 24.3 Å². The molecule has 3 aromatic carbocycles. The van der Waals surface area contributed by atoms with Crippen LogP contribution in [0.2, 0.25) is 0 Å². The molecule has 3 aromatic rings. The van der Waals surface area contributed by atoms with Gasteiger partial charge in [-0.25, -0.2) is 17.2 Å². The van der Waals surface area contributed by atoms with Gasteiger partial charge in [0.1, 0.15) is 17.4 Å². The quantitative estimate of drug-likeness (QED) is 0.494. The van der Waals surface area contributed by atoms with Gasteiger partial charge in [-0.3, -0.25) is 9.21 Å². The number of sulfonamides is 1. The van der Waals surface area contributed by atoms with Gasteiger partial charge in [0.15, 0.2) is 0 Å². The van der Waals surface area contributed by atoms with Crippen LogP contribution in [0, 0.1) is 11.6 Å². The fourth-order valence-corrected chi connectivity index (χ4v) is 5.95. The second-order valence-electron chi connectivity index (χ2n) is 8.05. The van der Waals surface area contributed by atoms with Crippen LogP contribution in [0.3, 0.4) is 0 Å². The van der Waals surface area contributed by atoms with Crippen LogP contribution >= 0.6 is 0 Å². The van der Waals surface area contributed by atoms with Gasteiger partial charge in [0, 0.05) is 31.2 Å². The van der Waals surface area contributed by atoms with Crippen LogP contribution in [0.5, 0.6) is 5.75 Å². The van der Waals surface area contributed by atoms with E-state index in [-0.39, 0.29) is 10.9 Å². The van der Waals surface area contributed by atoms with E-state index in [4.69, 9.17) is 4.74 Å². The van der Waals surface area contributed by atoms with E-state index in [0.717, 1.165) is 23.4 Å². The van der Waals surface area contributed by atoms with Crippen LogP contribution in [0.1, 0.15) is 18.4 Å². The number of anilines is 1. The number of rotatable bonds is 7. The van der Waals surface area contributed by atoms with E-state index in [0.29, 0.717) is 38.2 Å². The smallest absolute Gasteiger partial charge is 0.264 e. The first-order valence-electron chi connectivity index (χ1n) is 10.8. The van der Waals surface area contributed by atoms with Crippen LogP contribution in [-0.2, 0) is 16.6 Å². The zero-order valence-electron chi connectivity index (χ0n) is 18.3. The molecule has 0 amide bonds. The fraction of sp³-hybridized carbons (Fsp3) is 0.280. The maximum Gasteiger partial charge on any atom is 0.264 e. The molecule has 33 heavy (non-hydrogen) atoms. The SMILES string of the molecule is COc1ccccc1CN1CCC(N(c2ccc(F)cc2)S(=O)(=O)c2ccc(F)cc2)CC1. The number of benzene rings is 3. The van der Waals surface area contributed by atoms with Crippen molar-refractivity contribution in [3.8, 4) is 5.75 Å². The predicted molar refractivity (Wildman–Crippen MR) is 124 cm³/mol. The molecule has 0 aliphatic carbocycles. The van der Waals surface area contributed by atoms with Crippen molar-refractivity contribution in [2.24, 2.45) is 0 Å². The Balaban J connectivity index is 1.57. The lowest BCUT2D eigenvalue weighted by Crippen LogP contribution is -2.47. The molecule has 1 aliphatic rings. The maximum absolute atomic E-state index is 13.6. The molecule has 0 radical (unpaired) electrons. The van der Waals surface area contributed by atoms with E-state index < -0.39 is 21.7 Å². The number of hydrogen-bond acceptors (Lipinski definition) is 4. The highest BCUT2D eigenvalue weighted by Crippen LogP contribution is 2.31. The van der Waals surface area contributed by atoms with Gasteiger partial charge in [0.25, 0.3) is 10.0 Å². The van der Waals surface area contributed by atoms with Crippen molar-refractivity contribution < 1.29 is 21.9 Å². The Morgan fingerprint density at radius 3 is 2.09 bits per heavy atom. The predicted octanol–water partition coefficient (Wildman–Crippen LogP) is 4.83. The molecule has 0 saturated carbocycles. The summed E-state index contributed by atoms with van der Waals surface area (Å²) in [6.07, 6.45) is 1.21. The molecular formula is C25H26F2N2O3S. The Kier molecular flexibility index (Phi) is 6.95. The first-order valence-corrected chi connectivity index (χ1v) is 12.2. The summed E-state index contributed by atoms with van der Waals surface area (Å²) in [6.45, 7) is 2.09. The number of piperidine rings is 1. The minimum absolute atomic E-state index is 0.00433. The standard InChI is InChI=1S/C25H26F2N2O3S/c1-32-25-5-3-2-4-19(25)18-28-16-14-23(15-17-28)29(22-10-6-20(26)7-11-22)33(30,31)24-12-8-21(27)9-13-24/h2-13,23H,14-18H2,1H3. The minimum atomic E-state index is -3.96. The third-order valence-corrected chi connectivity index (χ3v) is 7.82. The van der Waals surface area contributed by atoms with E-state index in [1.165, 1.54) is 40.7 Å². The van der Waals surface area contributed by atoms with Gasteiger partial charge in [0.2, 0.25) is 0 Å². The summed E-state index contributed by atoms with van der Waals surface area (Å²) in [5, 5.41) is 0. The van der Waals surface area contributed by atoms with E-state index in [1.54, 1.807) is 7.11 Å². The van der Waals surface area contributed by atoms with Gasteiger partial charge < -0.3 is 4.74 Å². The average molecular weight is 473 g/mol. The molecule has 0 N–H and O–H groups in total. The molecule has 0 bridgehead atoms. The Morgan fingerprint density at radius 2 is 1.48 bits per heavy atom. The largest absolute Gasteiger partial charge is 0.496 e. The van der Waals surface area contributed by atoms with Crippen LogP contribution in [0.4, 0.5) is 14.5 Å². The van der Waals surface area contributed by atoms with Crippen molar-refractivity contribution in [1.29, 1.82) is 0 Å². The summed E-state index contributed by atoms with van der Waals surface area (Å²) in [5.74, 6) is -0.122. The summed E-state index contributed by atoms with van der Waals surface area (Å²) < 4.78 is 60.9. The van der Waals surface area contributed by atoms with Gasteiger partial charge in [0.05, 0.1) is 17.7 Å². The monoisotopic (exact) mass is 472 g/mol. The Labute approximate surface area is 193 Å². The number of para-hydroxylation sites is 1. The van der Waals surface area contributed by atoms with Gasteiger partial charge in [-0.1, -0.05) is 18.2 Å². The third-order valence-electron chi connectivity index (χ3n) is 5.93. The van der Waals surface area contributed by atoms with Crippen molar-refractivity contribution >= 4 is 15.7 Å². The fourth-order valence-electron chi connectivity index (χ4n) is 4.24. The first kappa shape index (κ1) is 23.2. The highest BCUT2D eigenvalue weighted by molar-refractivity contribution is 7.92. The highest BCUT2D eigenvalue weighted by Gasteiger charge is 2.34. The topological polar surface area (TPSA) is 49.9 Å². The van der Waals surface area contributed by atoms with Gasteiger partial charge in [-0.2, -0.15) is 0 Å². The average Bonchev–Trinajstić information content (AvgIpc) is 2.82. The Hall–Kier alpha value is -2.97. The van der Waals surface area contributed by atoms with E-state index in [9.17, 15) is 17.2 Å². The zero-order chi connectivity index (χ0) is 23.4. The van der Waals surface area contributed by atoms with Crippen LogP contribution < -0.4 is 9.04 Å². The van der Waals surface area contributed by atoms with Crippen molar-refractivity contribution in [1.82, 2.24) is 4.90 Å². The number of nitrogens with zero attached hydrogens (tertiary/aromatic N) is 2.